The maximum atomic E-state index is 6.11. The second-order valence-electron chi connectivity index (χ2n) is 8.91. The third-order valence-electron chi connectivity index (χ3n) is 6.73. The molecule has 1 aliphatic heterocycles. The van der Waals surface area contributed by atoms with Gasteiger partial charge in [-0.05, 0) is 69.1 Å². The van der Waals surface area contributed by atoms with Crippen LogP contribution in [0.3, 0.4) is 0 Å². The Hall–Kier alpha value is -1.41. The summed E-state index contributed by atoms with van der Waals surface area (Å²) in [5.74, 6) is 1.00. The SMILES string of the molecule is CCC(CC)(Pc1ccc(C)cc1CN1CCCCC1)c1cccc(C)c1OCOC. The summed E-state index contributed by atoms with van der Waals surface area (Å²) in [5.41, 5.74) is 5.39. The molecule has 1 saturated heterocycles. The van der Waals surface area contributed by atoms with Crippen LogP contribution in [0.5, 0.6) is 5.75 Å². The first-order valence-electron chi connectivity index (χ1n) is 11.8. The van der Waals surface area contributed by atoms with E-state index in [0.29, 0.717) is 8.58 Å². The molecular weight excluding hydrogens is 401 g/mol. The summed E-state index contributed by atoms with van der Waals surface area (Å²) in [6, 6.07) is 13.7. The lowest BCUT2D eigenvalue weighted by Crippen LogP contribution is -2.31. The van der Waals surface area contributed by atoms with E-state index in [9.17, 15) is 0 Å². The van der Waals surface area contributed by atoms with Crippen LogP contribution >= 0.6 is 8.58 Å². The molecule has 0 aliphatic carbocycles. The summed E-state index contributed by atoms with van der Waals surface area (Å²) in [7, 11) is 2.40. The average molecular weight is 442 g/mol. The van der Waals surface area contributed by atoms with Gasteiger partial charge >= 0.3 is 0 Å². The molecular formula is C27H40NO2P. The highest BCUT2D eigenvalue weighted by atomic mass is 31.1. The lowest BCUT2D eigenvalue weighted by Gasteiger charge is -2.36. The van der Waals surface area contributed by atoms with E-state index in [0.717, 1.165) is 25.1 Å². The number of benzene rings is 2. The van der Waals surface area contributed by atoms with Crippen LogP contribution in [0.2, 0.25) is 0 Å². The van der Waals surface area contributed by atoms with E-state index in [1.807, 2.05) is 0 Å². The molecule has 1 aliphatic rings. The smallest absolute Gasteiger partial charge is 0.188 e. The lowest BCUT2D eigenvalue weighted by atomic mass is 9.90. The van der Waals surface area contributed by atoms with Gasteiger partial charge in [0.1, 0.15) is 5.75 Å². The lowest BCUT2D eigenvalue weighted by molar-refractivity contribution is 0.0494. The number of methoxy groups -OCH3 is 1. The molecule has 2 aromatic rings. The third-order valence-corrected chi connectivity index (χ3v) is 8.95. The van der Waals surface area contributed by atoms with Gasteiger partial charge in [0.25, 0.3) is 0 Å². The summed E-state index contributed by atoms with van der Waals surface area (Å²) in [4.78, 5) is 2.64. The van der Waals surface area contributed by atoms with Crippen molar-refractivity contribution in [2.75, 3.05) is 27.0 Å². The number of hydrogen-bond acceptors (Lipinski definition) is 3. The third kappa shape index (κ3) is 5.89. The van der Waals surface area contributed by atoms with Crippen molar-refractivity contribution in [3.8, 4) is 5.75 Å². The Balaban J connectivity index is 1.97. The minimum absolute atomic E-state index is 0.0704. The molecule has 0 bridgehead atoms. The Morgan fingerprint density at radius 3 is 2.42 bits per heavy atom. The van der Waals surface area contributed by atoms with Crippen LogP contribution < -0.4 is 10.0 Å². The summed E-state index contributed by atoms with van der Waals surface area (Å²) >= 11 is 0. The number of ether oxygens (including phenoxy) is 2. The van der Waals surface area contributed by atoms with Crippen LogP contribution in [-0.2, 0) is 16.4 Å². The van der Waals surface area contributed by atoms with Gasteiger partial charge in [-0.15, -0.1) is 0 Å². The Kier molecular flexibility index (Phi) is 8.95. The standard InChI is InChI=1S/C27H40NO2P/c1-6-27(7-2,24-13-11-12-22(4)26(24)30-20-29-5)31-25-15-14-21(3)18-23(25)19-28-16-9-8-10-17-28/h11-15,18,31H,6-10,16-17,19-20H2,1-5H3. The van der Waals surface area contributed by atoms with Gasteiger partial charge in [0.05, 0.1) is 0 Å². The van der Waals surface area contributed by atoms with Crippen LogP contribution in [0, 0.1) is 13.8 Å². The molecule has 1 unspecified atom stereocenters. The van der Waals surface area contributed by atoms with E-state index >= 15 is 0 Å². The molecule has 170 valence electrons. The van der Waals surface area contributed by atoms with Crippen LogP contribution in [0.1, 0.15) is 68.2 Å². The van der Waals surface area contributed by atoms with Crippen molar-refractivity contribution in [3.05, 3.63) is 58.7 Å². The predicted molar refractivity (Wildman–Crippen MR) is 134 cm³/mol. The molecule has 0 spiro atoms. The number of para-hydroxylation sites is 1. The van der Waals surface area contributed by atoms with Gasteiger partial charge in [0.15, 0.2) is 6.79 Å². The minimum atomic E-state index is 0.0704. The summed E-state index contributed by atoms with van der Waals surface area (Å²) in [5, 5.41) is 1.58. The molecule has 0 amide bonds. The number of likely N-dealkylation sites (tertiary alicyclic amines) is 1. The zero-order valence-electron chi connectivity index (χ0n) is 20.1. The number of nitrogens with zero attached hydrogens (tertiary/aromatic N) is 1. The molecule has 0 N–H and O–H groups in total. The Morgan fingerprint density at radius 1 is 1.00 bits per heavy atom. The van der Waals surface area contributed by atoms with Gasteiger partial charge in [0.2, 0.25) is 0 Å². The van der Waals surface area contributed by atoms with Gasteiger partial charge < -0.3 is 9.47 Å². The first-order chi connectivity index (χ1) is 15.0. The summed E-state index contributed by atoms with van der Waals surface area (Å²) < 4.78 is 11.4. The molecule has 1 fully saturated rings. The van der Waals surface area contributed by atoms with E-state index in [4.69, 9.17) is 9.47 Å². The fourth-order valence-electron chi connectivity index (χ4n) is 4.81. The zero-order valence-corrected chi connectivity index (χ0v) is 21.1. The summed E-state index contributed by atoms with van der Waals surface area (Å²) in [6.07, 6.45) is 6.23. The molecule has 31 heavy (non-hydrogen) atoms. The Bertz CT molecular complexity index is 841. The molecule has 1 heterocycles. The van der Waals surface area contributed by atoms with E-state index in [-0.39, 0.29) is 11.9 Å². The first-order valence-corrected chi connectivity index (χ1v) is 12.8. The molecule has 2 aromatic carbocycles. The second-order valence-corrected chi connectivity index (χ2v) is 10.7. The fourth-order valence-corrected chi connectivity index (χ4v) is 6.48. The number of piperidine rings is 1. The zero-order chi connectivity index (χ0) is 22.3. The van der Waals surface area contributed by atoms with Crippen molar-refractivity contribution in [2.45, 2.75) is 71.5 Å². The van der Waals surface area contributed by atoms with Crippen LogP contribution in [0.4, 0.5) is 0 Å². The van der Waals surface area contributed by atoms with Crippen LogP contribution in [0.25, 0.3) is 0 Å². The van der Waals surface area contributed by atoms with Gasteiger partial charge in [-0.3, -0.25) is 4.90 Å². The molecule has 0 aromatic heterocycles. The van der Waals surface area contributed by atoms with Crippen molar-refractivity contribution in [1.29, 1.82) is 0 Å². The predicted octanol–water partition coefficient (Wildman–Crippen LogP) is 6.29. The number of aryl methyl sites for hydroxylation is 2. The highest BCUT2D eigenvalue weighted by molar-refractivity contribution is 7.48. The number of rotatable bonds is 10. The van der Waals surface area contributed by atoms with Crippen molar-refractivity contribution in [1.82, 2.24) is 4.90 Å². The highest BCUT2D eigenvalue weighted by Crippen LogP contribution is 2.51. The maximum Gasteiger partial charge on any atom is 0.188 e. The van der Waals surface area contributed by atoms with Crippen LogP contribution in [0.15, 0.2) is 36.4 Å². The van der Waals surface area contributed by atoms with E-state index in [2.05, 4.69) is 69.0 Å². The Labute approximate surface area is 191 Å². The van der Waals surface area contributed by atoms with E-state index in [1.165, 1.54) is 59.9 Å². The normalized spacial score (nSPS) is 15.6. The molecule has 0 saturated carbocycles. The molecule has 3 nitrogen and oxygen atoms in total. The number of hydrogen-bond donors (Lipinski definition) is 0. The first kappa shape index (κ1) is 24.2. The van der Waals surface area contributed by atoms with Crippen molar-refractivity contribution in [3.63, 3.8) is 0 Å². The van der Waals surface area contributed by atoms with E-state index in [1.54, 1.807) is 7.11 Å². The topological polar surface area (TPSA) is 21.7 Å². The van der Waals surface area contributed by atoms with Gasteiger partial charge in [-0.1, -0.05) is 70.8 Å². The monoisotopic (exact) mass is 441 g/mol. The van der Waals surface area contributed by atoms with Gasteiger partial charge in [-0.25, -0.2) is 0 Å². The van der Waals surface area contributed by atoms with Gasteiger partial charge in [0, 0.05) is 24.4 Å². The fraction of sp³-hybridized carbons (Fsp3) is 0.556. The molecule has 0 radical (unpaired) electrons. The minimum Gasteiger partial charge on any atom is -0.467 e. The van der Waals surface area contributed by atoms with E-state index < -0.39 is 0 Å². The van der Waals surface area contributed by atoms with Crippen molar-refractivity contribution < 1.29 is 9.47 Å². The molecule has 4 heteroatoms. The Morgan fingerprint density at radius 2 is 1.74 bits per heavy atom. The quantitative estimate of drug-likeness (QED) is 0.319. The maximum absolute atomic E-state index is 6.11. The van der Waals surface area contributed by atoms with Crippen molar-refractivity contribution >= 4 is 13.9 Å². The summed E-state index contributed by atoms with van der Waals surface area (Å²) in [6.45, 7) is 12.8. The second kappa shape index (κ2) is 11.5. The molecule has 1 atom stereocenters. The van der Waals surface area contributed by atoms with Gasteiger partial charge in [-0.2, -0.15) is 0 Å². The van der Waals surface area contributed by atoms with Crippen molar-refractivity contribution in [2.24, 2.45) is 0 Å². The molecule has 3 rings (SSSR count). The average Bonchev–Trinajstić information content (AvgIpc) is 2.79. The van der Waals surface area contributed by atoms with Crippen LogP contribution in [-0.4, -0.2) is 31.9 Å². The highest BCUT2D eigenvalue weighted by Gasteiger charge is 2.33. The largest absolute Gasteiger partial charge is 0.467 e.